The molecule has 19 heavy (non-hydrogen) atoms. The molecule has 0 radical (unpaired) electrons. The van der Waals surface area contributed by atoms with Crippen LogP contribution in [0.15, 0.2) is 24.3 Å². The van der Waals surface area contributed by atoms with Gasteiger partial charge in [-0.2, -0.15) is 0 Å². The second-order valence-corrected chi connectivity index (χ2v) is 5.02. The summed E-state index contributed by atoms with van der Waals surface area (Å²) in [6, 6.07) is 7.75. The van der Waals surface area contributed by atoms with Crippen LogP contribution in [-0.4, -0.2) is 15.9 Å². The van der Waals surface area contributed by atoms with Crippen molar-refractivity contribution in [2.75, 3.05) is 5.32 Å². The zero-order chi connectivity index (χ0) is 14.0. The molecule has 4 nitrogen and oxygen atoms in total. The number of amides is 1. The molecule has 4 heteroatoms. The number of hydrogen-bond donors (Lipinski definition) is 2. The van der Waals surface area contributed by atoms with E-state index in [0.29, 0.717) is 0 Å². The molecule has 0 aliphatic carbocycles. The SMILES string of the molecule is Cc1nc(-c2ccc(NC(=O)C(C)C)cc2)c(C)[nH]1. The number of anilines is 1. The first kappa shape index (κ1) is 13.3. The van der Waals surface area contributed by atoms with Gasteiger partial charge in [0.25, 0.3) is 0 Å². The largest absolute Gasteiger partial charge is 0.346 e. The highest BCUT2D eigenvalue weighted by Gasteiger charge is 2.09. The van der Waals surface area contributed by atoms with E-state index in [0.717, 1.165) is 28.5 Å². The molecule has 100 valence electrons. The Morgan fingerprint density at radius 3 is 2.32 bits per heavy atom. The van der Waals surface area contributed by atoms with Crippen molar-refractivity contribution in [2.45, 2.75) is 27.7 Å². The summed E-state index contributed by atoms with van der Waals surface area (Å²) in [5.74, 6) is 0.917. The first-order valence-corrected chi connectivity index (χ1v) is 6.42. The minimum Gasteiger partial charge on any atom is -0.346 e. The van der Waals surface area contributed by atoms with Gasteiger partial charge in [-0.05, 0) is 26.0 Å². The normalized spacial score (nSPS) is 10.8. The molecule has 0 fully saturated rings. The molecule has 0 saturated carbocycles. The highest BCUT2D eigenvalue weighted by molar-refractivity contribution is 5.92. The van der Waals surface area contributed by atoms with Gasteiger partial charge in [0.2, 0.25) is 5.91 Å². The summed E-state index contributed by atoms with van der Waals surface area (Å²) in [6.45, 7) is 7.69. The number of aryl methyl sites for hydroxylation is 2. The first-order chi connectivity index (χ1) is 8.97. The lowest BCUT2D eigenvalue weighted by atomic mass is 10.1. The van der Waals surface area contributed by atoms with Gasteiger partial charge in [-0.25, -0.2) is 4.98 Å². The van der Waals surface area contributed by atoms with E-state index in [4.69, 9.17) is 0 Å². The maximum atomic E-state index is 11.6. The van der Waals surface area contributed by atoms with E-state index in [9.17, 15) is 4.79 Å². The number of H-pyrrole nitrogens is 1. The minimum atomic E-state index is -0.0177. The Bertz CT molecular complexity index is 582. The van der Waals surface area contributed by atoms with Crippen LogP contribution < -0.4 is 5.32 Å². The smallest absolute Gasteiger partial charge is 0.226 e. The first-order valence-electron chi connectivity index (χ1n) is 6.42. The Kier molecular flexibility index (Phi) is 3.69. The molecule has 2 rings (SSSR count). The average Bonchev–Trinajstić information content (AvgIpc) is 2.69. The van der Waals surface area contributed by atoms with Gasteiger partial charge in [-0.15, -0.1) is 0 Å². The number of carbonyl (C=O) groups excluding carboxylic acids is 1. The predicted octanol–water partition coefficient (Wildman–Crippen LogP) is 3.29. The molecule has 0 aliphatic rings. The molecule has 1 aromatic carbocycles. The zero-order valence-corrected chi connectivity index (χ0v) is 11.7. The van der Waals surface area contributed by atoms with Crippen LogP contribution in [0.5, 0.6) is 0 Å². The zero-order valence-electron chi connectivity index (χ0n) is 11.7. The number of aromatic nitrogens is 2. The van der Waals surface area contributed by atoms with Gasteiger partial charge in [0.15, 0.2) is 0 Å². The van der Waals surface area contributed by atoms with Gasteiger partial charge in [-0.3, -0.25) is 4.79 Å². The van der Waals surface area contributed by atoms with E-state index in [1.165, 1.54) is 0 Å². The van der Waals surface area contributed by atoms with Crippen molar-refractivity contribution < 1.29 is 4.79 Å². The number of imidazole rings is 1. The van der Waals surface area contributed by atoms with Gasteiger partial charge in [-0.1, -0.05) is 26.0 Å². The lowest BCUT2D eigenvalue weighted by Crippen LogP contribution is -2.17. The molecule has 1 heterocycles. The number of benzene rings is 1. The van der Waals surface area contributed by atoms with Crippen LogP contribution in [0.1, 0.15) is 25.4 Å². The lowest BCUT2D eigenvalue weighted by Gasteiger charge is -2.08. The minimum absolute atomic E-state index is 0.0177. The monoisotopic (exact) mass is 257 g/mol. The summed E-state index contributed by atoms with van der Waals surface area (Å²) in [7, 11) is 0. The maximum Gasteiger partial charge on any atom is 0.226 e. The Morgan fingerprint density at radius 1 is 1.21 bits per heavy atom. The second kappa shape index (κ2) is 5.26. The highest BCUT2D eigenvalue weighted by atomic mass is 16.1. The van der Waals surface area contributed by atoms with Gasteiger partial charge in [0.1, 0.15) is 5.82 Å². The van der Waals surface area contributed by atoms with Gasteiger partial charge in [0, 0.05) is 22.9 Å². The third kappa shape index (κ3) is 3.02. The topological polar surface area (TPSA) is 57.8 Å². The maximum absolute atomic E-state index is 11.6. The van der Waals surface area contributed by atoms with Crippen LogP contribution in [0.2, 0.25) is 0 Å². The van der Waals surface area contributed by atoms with Crippen LogP contribution >= 0.6 is 0 Å². The quantitative estimate of drug-likeness (QED) is 0.886. The van der Waals surface area contributed by atoms with E-state index in [1.807, 2.05) is 52.0 Å². The average molecular weight is 257 g/mol. The molecule has 0 saturated heterocycles. The summed E-state index contributed by atoms with van der Waals surface area (Å²) in [5, 5.41) is 2.87. The van der Waals surface area contributed by atoms with Gasteiger partial charge in [0.05, 0.1) is 5.69 Å². The summed E-state index contributed by atoms with van der Waals surface area (Å²) in [5.41, 5.74) is 3.87. The lowest BCUT2D eigenvalue weighted by molar-refractivity contribution is -0.118. The van der Waals surface area contributed by atoms with E-state index in [1.54, 1.807) is 0 Å². The fourth-order valence-corrected chi connectivity index (χ4v) is 1.89. The van der Waals surface area contributed by atoms with Crippen LogP contribution in [0, 0.1) is 19.8 Å². The van der Waals surface area contributed by atoms with Crippen LogP contribution in [-0.2, 0) is 4.79 Å². The Labute approximate surface area is 113 Å². The Balaban J connectivity index is 2.19. The van der Waals surface area contributed by atoms with Crippen molar-refractivity contribution in [3.05, 3.63) is 35.8 Å². The second-order valence-electron chi connectivity index (χ2n) is 5.02. The van der Waals surface area contributed by atoms with E-state index in [-0.39, 0.29) is 11.8 Å². The van der Waals surface area contributed by atoms with Crippen molar-refractivity contribution in [1.82, 2.24) is 9.97 Å². The van der Waals surface area contributed by atoms with Gasteiger partial charge < -0.3 is 10.3 Å². The van der Waals surface area contributed by atoms with Crippen molar-refractivity contribution in [2.24, 2.45) is 5.92 Å². The summed E-state index contributed by atoms with van der Waals surface area (Å²) >= 11 is 0. The van der Waals surface area contributed by atoms with E-state index >= 15 is 0 Å². The predicted molar refractivity (Wildman–Crippen MR) is 77.0 cm³/mol. The number of nitrogens with zero attached hydrogens (tertiary/aromatic N) is 1. The Morgan fingerprint density at radius 2 is 1.84 bits per heavy atom. The van der Waals surface area contributed by atoms with Crippen molar-refractivity contribution in [3.8, 4) is 11.3 Å². The van der Waals surface area contributed by atoms with Crippen LogP contribution in [0.25, 0.3) is 11.3 Å². The van der Waals surface area contributed by atoms with Gasteiger partial charge >= 0.3 is 0 Å². The molecule has 0 spiro atoms. The standard InChI is InChI=1S/C15H19N3O/c1-9(2)15(19)18-13-7-5-12(6-8-13)14-10(3)16-11(4)17-14/h5-9H,1-4H3,(H,16,17)(H,18,19). The number of carbonyl (C=O) groups is 1. The van der Waals surface area contributed by atoms with Crippen molar-refractivity contribution in [3.63, 3.8) is 0 Å². The van der Waals surface area contributed by atoms with Crippen molar-refractivity contribution in [1.29, 1.82) is 0 Å². The summed E-state index contributed by atoms with van der Waals surface area (Å²) in [4.78, 5) is 19.2. The third-order valence-corrected chi connectivity index (χ3v) is 2.95. The number of hydrogen-bond acceptors (Lipinski definition) is 2. The van der Waals surface area contributed by atoms with Crippen LogP contribution in [0.3, 0.4) is 0 Å². The fraction of sp³-hybridized carbons (Fsp3) is 0.333. The molecule has 0 aliphatic heterocycles. The molecular formula is C15H19N3O. The number of rotatable bonds is 3. The highest BCUT2D eigenvalue weighted by Crippen LogP contribution is 2.23. The molecule has 2 aromatic rings. The molecular weight excluding hydrogens is 238 g/mol. The molecule has 0 atom stereocenters. The van der Waals surface area contributed by atoms with Crippen molar-refractivity contribution >= 4 is 11.6 Å². The van der Waals surface area contributed by atoms with Crippen LogP contribution in [0.4, 0.5) is 5.69 Å². The number of aromatic amines is 1. The number of nitrogens with one attached hydrogen (secondary N) is 2. The van der Waals surface area contributed by atoms with E-state index < -0.39 is 0 Å². The molecule has 1 aromatic heterocycles. The van der Waals surface area contributed by atoms with E-state index in [2.05, 4.69) is 15.3 Å². The molecule has 2 N–H and O–H groups in total. The summed E-state index contributed by atoms with van der Waals surface area (Å²) < 4.78 is 0. The Hall–Kier alpha value is -2.10. The molecule has 0 bridgehead atoms. The molecule has 1 amide bonds. The fourth-order valence-electron chi connectivity index (χ4n) is 1.89. The molecule has 0 unspecified atom stereocenters. The third-order valence-electron chi connectivity index (χ3n) is 2.95. The summed E-state index contributed by atoms with van der Waals surface area (Å²) in [6.07, 6.45) is 0.